The largest absolute Gasteiger partial charge is 0.494 e. The predicted molar refractivity (Wildman–Crippen MR) is 109 cm³/mol. The number of hydrogen-bond acceptors (Lipinski definition) is 4. The van der Waals surface area contributed by atoms with Crippen molar-refractivity contribution in [2.45, 2.75) is 44.9 Å². The zero-order chi connectivity index (χ0) is 20.0. The number of ether oxygens (including phenoxy) is 2. The van der Waals surface area contributed by atoms with Crippen molar-refractivity contribution in [3.63, 3.8) is 0 Å². The van der Waals surface area contributed by atoms with Crippen molar-refractivity contribution in [3.05, 3.63) is 53.6 Å². The van der Waals surface area contributed by atoms with Crippen LogP contribution in [0, 0.1) is 11.3 Å². The van der Waals surface area contributed by atoms with Gasteiger partial charge in [0.25, 0.3) is 5.91 Å². The van der Waals surface area contributed by atoms with Gasteiger partial charge in [0.2, 0.25) is 0 Å². The van der Waals surface area contributed by atoms with Gasteiger partial charge in [-0.2, -0.15) is 5.26 Å². The van der Waals surface area contributed by atoms with Crippen LogP contribution in [0.3, 0.4) is 0 Å². The Hall–Kier alpha value is -3.00. The first kappa shape index (κ1) is 19.8. The van der Waals surface area contributed by atoms with Gasteiger partial charge in [-0.3, -0.25) is 4.79 Å². The van der Waals surface area contributed by atoms with E-state index in [-0.39, 0.29) is 11.3 Å². The molecule has 1 aliphatic carbocycles. The van der Waals surface area contributed by atoms with Crippen molar-refractivity contribution >= 4 is 11.6 Å². The highest BCUT2D eigenvalue weighted by molar-refractivity contribution is 6.04. The third-order valence-electron chi connectivity index (χ3n) is 5.13. The van der Waals surface area contributed by atoms with E-state index >= 15 is 0 Å². The Labute approximate surface area is 166 Å². The second kappa shape index (κ2) is 8.79. The minimum atomic E-state index is -0.374. The lowest BCUT2D eigenvalue weighted by molar-refractivity contribution is 0.102. The third-order valence-corrected chi connectivity index (χ3v) is 5.13. The Morgan fingerprint density at radius 2 is 1.61 bits per heavy atom. The molecule has 0 saturated heterocycles. The molecule has 5 nitrogen and oxygen atoms in total. The first-order chi connectivity index (χ1) is 13.6. The molecule has 3 rings (SSSR count). The lowest BCUT2D eigenvalue weighted by Crippen LogP contribution is -2.19. The number of benzene rings is 2. The van der Waals surface area contributed by atoms with E-state index in [0.29, 0.717) is 36.0 Å². The summed E-state index contributed by atoms with van der Waals surface area (Å²) in [5.41, 5.74) is 1.82. The summed E-state index contributed by atoms with van der Waals surface area (Å²) in [6, 6.07) is 15.3. The first-order valence-corrected chi connectivity index (χ1v) is 9.84. The summed E-state index contributed by atoms with van der Waals surface area (Å²) >= 11 is 0. The fraction of sp³-hybridized carbons (Fsp3) is 0.391. The number of anilines is 1. The SMILES string of the molecule is CCOc1cc(OCC)cc(C(=O)Nc2ccc(C3(C#N)CCCC3)cc2)c1. The van der Waals surface area contributed by atoms with Gasteiger partial charge in [0.1, 0.15) is 11.5 Å². The van der Waals surface area contributed by atoms with Crippen LogP contribution in [0.15, 0.2) is 42.5 Å². The Balaban J connectivity index is 1.76. The van der Waals surface area contributed by atoms with Crippen molar-refractivity contribution in [1.82, 2.24) is 0 Å². The van der Waals surface area contributed by atoms with Crippen molar-refractivity contribution in [2.75, 3.05) is 18.5 Å². The molecule has 1 amide bonds. The number of nitriles is 1. The zero-order valence-electron chi connectivity index (χ0n) is 16.5. The van der Waals surface area contributed by atoms with Crippen molar-refractivity contribution in [1.29, 1.82) is 5.26 Å². The average Bonchev–Trinajstić information content (AvgIpc) is 3.19. The van der Waals surface area contributed by atoms with Gasteiger partial charge in [-0.25, -0.2) is 0 Å². The summed E-state index contributed by atoms with van der Waals surface area (Å²) < 4.78 is 11.1. The van der Waals surface area contributed by atoms with Crippen LogP contribution in [-0.2, 0) is 5.41 Å². The monoisotopic (exact) mass is 378 g/mol. The molecule has 1 fully saturated rings. The lowest BCUT2D eigenvalue weighted by atomic mass is 9.80. The van der Waals surface area contributed by atoms with E-state index in [1.165, 1.54) is 0 Å². The maximum absolute atomic E-state index is 12.7. The summed E-state index contributed by atoms with van der Waals surface area (Å²) in [7, 11) is 0. The molecule has 0 unspecified atom stereocenters. The van der Waals surface area contributed by atoms with Crippen LogP contribution < -0.4 is 14.8 Å². The molecule has 28 heavy (non-hydrogen) atoms. The summed E-state index contributed by atoms with van der Waals surface area (Å²) in [6.45, 7) is 4.82. The van der Waals surface area contributed by atoms with Gasteiger partial charge >= 0.3 is 0 Å². The van der Waals surface area contributed by atoms with E-state index in [0.717, 1.165) is 31.2 Å². The van der Waals surface area contributed by atoms with Crippen LogP contribution in [0.1, 0.15) is 55.5 Å². The number of hydrogen-bond donors (Lipinski definition) is 1. The van der Waals surface area contributed by atoms with Gasteiger partial charge in [-0.15, -0.1) is 0 Å². The lowest BCUT2D eigenvalue weighted by Gasteiger charge is -2.21. The summed E-state index contributed by atoms with van der Waals surface area (Å²) in [6.07, 6.45) is 3.98. The van der Waals surface area contributed by atoms with Gasteiger partial charge in [0.15, 0.2) is 0 Å². The Kier molecular flexibility index (Phi) is 6.20. The molecule has 5 heteroatoms. The number of carbonyl (C=O) groups excluding carboxylic acids is 1. The zero-order valence-corrected chi connectivity index (χ0v) is 16.5. The van der Waals surface area contributed by atoms with Gasteiger partial charge in [0.05, 0.1) is 24.7 Å². The number of carbonyl (C=O) groups is 1. The standard InChI is InChI=1S/C23H26N2O3/c1-3-27-20-13-17(14-21(15-20)28-4-2)22(26)25-19-9-7-18(8-10-19)23(16-24)11-5-6-12-23/h7-10,13-15H,3-6,11-12H2,1-2H3,(H,25,26). The van der Waals surface area contributed by atoms with Crippen LogP contribution in [0.4, 0.5) is 5.69 Å². The van der Waals surface area contributed by atoms with Gasteiger partial charge in [-0.05, 0) is 56.5 Å². The van der Waals surface area contributed by atoms with Crippen LogP contribution >= 0.6 is 0 Å². The maximum atomic E-state index is 12.7. The maximum Gasteiger partial charge on any atom is 0.255 e. The normalized spacial score (nSPS) is 14.9. The molecule has 0 bridgehead atoms. The summed E-state index contributed by atoms with van der Waals surface area (Å²) in [5.74, 6) is 0.975. The predicted octanol–water partition coefficient (Wildman–Crippen LogP) is 5.07. The van der Waals surface area contributed by atoms with E-state index in [1.807, 2.05) is 38.1 Å². The highest BCUT2D eigenvalue weighted by Crippen LogP contribution is 2.40. The molecular weight excluding hydrogens is 352 g/mol. The minimum absolute atomic E-state index is 0.230. The highest BCUT2D eigenvalue weighted by atomic mass is 16.5. The molecule has 2 aromatic carbocycles. The number of rotatable bonds is 7. The quantitative estimate of drug-likeness (QED) is 0.730. The third kappa shape index (κ3) is 4.28. The van der Waals surface area contributed by atoms with Gasteiger partial charge < -0.3 is 14.8 Å². The van der Waals surface area contributed by atoms with Gasteiger partial charge in [0, 0.05) is 17.3 Å². The van der Waals surface area contributed by atoms with E-state index in [9.17, 15) is 10.1 Å². The van der Waals surface area contributed by atoms with Crippen LogP contribution in [0.25, 0.3) is 0 Å². The Morgan fingerprint density at radius 3 is 2.11 bits per heavy atom. The topological polar surface area (TPSA) is 71.3 Å². The Morgan fingerprint density at radius 1 is 1.04 bits per heavy atom. The molecule has 1 aliphatic rings. The van der Waals surface area contributed by atoms with E-state index in [4.69, 9.17) is 9.47 Å². The molecule has 0 aliphatic heterocycles. The van der Waals surface area contributed by atoms with Crippen LogP contribution in [0.5, 0.6) is 11.5 Å². The van der Waals surface area contributed by atoms with Gasteiger partial charge in [-0.1, -0.05) is 25.0 Å². The second-order valence-electron chi connectivity index (χ2n) is 6.99. The number of nitrogens with zero attached hydrogens (tertiary/aromatic N) is 1. The highest BCUT2D eigenvalue weighted by Gasteiger charge is 2.35. The molecule has 146 valence electrons. The van der Waals surface area contributed by atoms with Crippen molar-refractivity contribution in [2.24, 2.45) is 0 Å². The number of amides is 1. The molecule has 0 atom stereocenters. The fourth-order valence-corrected chi connectivity index (χ4v) is 3.72. The van der Waals surface area contributed by atoms with E-state index < -0.39 is 0 Å². The Bertz CT molecular complexity index is 838. The second-order valence-corrected chi connectivity index (χ2v) is 6.99. The molecule has 1 saturated carbocycles. The molecular formula is C23H26N2O3. The summed E-state index contributed by atoms with van der Waals surface area (Å²) in [5, 5.41) is 12.5. The van der Waals surface area contributed by atoms with Crippen LogP contribution in [0.2, 0.25) is 0 Å². The van der Waals surface area contributed by atoms with E-state index in [2.05, 4.69) is 11.4 Å². The molecule has 0 heterocycles. The molecule has 1 N–H and O–H groups in total. The number of nitrogens with one attached hydrogen (secondary N) is 1. The first-order valence-electron chi connectivity index (χ1n) is 9.84. The van der Waals surface area contributed by atoms with Crippen LogP contribution in [-0.4, -0.2) is 19.1 Å². The van der Waals surface area contributed by atoms with Crippen molar-refractivity contribution in [3.8, 4) is 17.6 Å². The van der Waals surface area contributed by atoms with E-state index in [1.54, 1.807) is 18.2 Å². The molecule has 0 spiro atoms. The molecule has 2 aromatic rings. The molecule has 0 aromatic heterocycles. The summed E-state index contributed by atoms with van der Waals surface area (Å²) in [4.78, 5) is 12.7. The molecule has 0 radical (unpaired) electrons. The fourth-order valence-electron chi connectivity index (χ4n) is 3.72. The minimum Gasteiger partial charge on any atom is -0.494 e. The smallest absolute Gasteiger partial charge is 0.255 e. The average molecular weight is 378 g/mol. The van der Waals surface area contributed by atoms with Crippen molar-refractivity contribution < 1.29 is 14.3 Å².